The molecule has 0 saturated carbocycles. The van der Waals surface area contributed by atoms with Gasteiger partial charge in [0.1, 0.15) is 36.9 Å². The number of benzene rings is 5. The molecule has 0 amide bonds. The van der Waals surface area contributed by atoms with Gasteiger partial charge in [0.05, 0.1) is 13.2 Å². The summed E-state index contributed by atoms with van der Waals surface area (Å²) < 4.78 is 11.3. The van der Waals surface area contributed by atoms with E-state index in [9.17, 15) is 10.2 Å². The summed E-state index contributed by atoms with van der Waals surface area (Å²) in [5, 5.41) is 37.6. The number of aryl methyl sites for hydroxylation is 2. The summed E-state index contributed by atoms with van der Waals surface area (Å²) in [6, 6.07) is 41.1. The summed E-state index contributed by atoms with van der Waals surface area (Å²) in [5.41, 5.74) is 8.76. The van der Waals surface area contributed by atoms with Gasteiger partial charge in [0.15, 0.2) is 0 Å². The van der Waals surface area contributed by atoms with Crippen LogP contribution in [0.2, 0.25) is 0 Å². The first-order valence-electron chi connectivity index (χ1n) is 15.4. The highest BCUT2D eigenvalue weighted by molar-refractivity contribution is 5.76. The molecule has 0 heterocycles. The summed E-state index contributed by atoms with van der Waals surface area (Å²) in [6.07, 6.45) is -1.88. The van der Waals surface area contributed by atoms with Crippen LogP contribution >= 0.6 is 0 Å². The highest BCUT2D eigenvalue weighted by Crippen LogP contribution is 2.38. The fourth-order valence-electron chi connectivity index (χ4n) is 5.23. The Morgan fingerprint density at radius 1 is 0.478 bits per heavy atom. The zero-order chi connectivity index (χ0) is 32.5. The fraction of sp³-hybridized carbons (Fsp3) is 0.231. The van der Waals surface area contributed by atoms with Crippen LogP contribution in [0.3, 0.4) is 0 Å². The largest absolute Gasteiger partial charge is 0.491 e. The Bertz CT molecular complexity index is 1530. The molecular formula is C39H41NO6. The number of anilines is 3. The van der Waals surface area contributed by atoms with Crippen LogP contribution in [0.25, 0.3) is 0 Å². The molecule has 5 aromatic carbocycles. The van der Waals surface area contributed by atoms with Gasteiger partial charge in [-0.3, -0.25) is 0 Å². The first kappa shape index (κ1) is 32.7. The molecule has 5 rings (SSSR count). The van der Waals surface area contributed by atoms with Gasteiger partial charge < -0.3 is 34.8 Å². The number of nitrogens with zero attached hydrogens (tertiary/aromatic N) is 1. The molecule has 0 aliphatic carbocycles. The predicted molar refractivity (Wildman–Crippen MR) is 182 cm³/mol. The lowest BCUT2D eigenvalue weighted by Gasteiger charge is -2.27. The molecule has 0 fully saturated rings. The van der Waals surface area contributed by atoms with Crippen LogP contribution in [0.15, 0.2) is 121 Å². The third-order valence-electron chi connectivity index (χ3n) is 7.80. The number of hydrogen-bond donors (Lipinski definition) is 4. The van der Waals surface area contributed by atoms with Crippen LogP contribution in [-0.2, 0) is 0 Å². The van der Waals surface area contributed by atoms with E-state index in [0.29, 0.717) is 11.5 Å². The van der Waals surface area contributed by atoms with Crippen LogP contribution < -0.4 is 14.4 Å². The van der Waals surface area contributed by atoms with E-state index in [2.05, 4.69) is 91.5 Å². The van der Waals surface area contributed by atoms with E-state index in [1.807, 2.05) is 48.5 Å². The second kappa shape index (κ2) is 15.6. The van der Waals surface area contributed by atoms with E-state index < -0.39 is 12.2 Å². The Kier molecular flexibility index (Phi) is 11.1. The number of hydrogen-bond acceptors (Lipinski definition) is 7. The monoisotopic (exact) mass is 619 g/mol. The molecule has 2 unspecified atom stereocenters. The molecule has 5 aromatic rings. The van der Waals surface area contributed by atoms with Crippen molar-refractivity contribution in [3.63, 3.8) is 0 Å². The minimum absolute atomic E-state index is 0.00560. The van der Waals surface area contributed by atoms with E-state index in [1.54, 1.807) is 0 Å². The van der Waals surface area contributed by atoms with E-state index in [4.69, 9.17) is 19.7 Å². The van der Waals surface area contributed by atoms with Gasteiger partial charge in [-0.05, 0) is 91.2 Å². The Labute approximate surface area is 270 Å². The van der Waals surface area contributed by atoms with Crippen molar-refractivity contribution in [2.75, 3.05) is 31.3 Å². The maximum Gasteiger partial charge on any atom is 0.119 e. The number of ether oxygens (including phenoxy) is 2. The molecular weight excluding hydrogens is 578 g/mol. The number of aliphatic hydroxyl groups excluding tert-OH is 4. The Hall–Kier alpha value is -4.66. The van der Waals surface area contributed by atoms with Crippen LogP contribution in [-0.4, -0.2) is 59.1 Å². The molecule has 238 valence electrons. The molecule has 2 atom stereocenters. The molecule has 0 radical (unpaired) electrons. The van der Waals surface area contributed by atoms with Crippen molar-refractivity contribution < 1.29 is 29.9 Å². The van der Waals surface area contributed by atoms with E-state index >= 15 is 0 Å². The number of aliphatic hydroxyl groups is 4. The second-order valence-electron chi connectivity index (χ2n) is 11.5. The van der Waals surface area contributed by atoms with Crippen molar-refractivity contribution in [1.29, 1.82) is 0 Å². The topological polar surface area (TPSA) is 103 Å². The lowest BCUT2D eigenvalue weighted by atomic mass is 9.85. The van der Waals surface area contributed by atoms with Crippen molar-refractivity contribution in [3.8, 4) is 11.5 Å². The second-order valence-corrected chi connectivity index (χ2v) is 11.5. The predicted octanol–water partition coefficient (Wildman–Crippen LogP) is 6.42. The smallest absolute Gasteiger partial charge is 0.119 e. The highest BCUT2D eigenvalue weighted by atomic mass is 16.5. The summed E-state index contributed by atoms with van der Waals surface area (Å²) in [4.78, 5) is 2.25. The van der Waals surface area contributed by atoms with Crippen molar-refractivity contribution in [3.05, 3.63) is 149 Å². The molecule has 46 heavy (non-hydrogen) atoms. The lowest BCUT2D eigenvalue weighted by molar-refractivity contribution is 0.0536. The SMILES string of the molecule is Cc1ccc(N(c2ccc(C)cc2)c2ccc(C(c3ccc(OCC(O)CO)cc3)c3ccc(OCC(O)CO)cc3)cc2)cc1. The number of rotatable bonds is 14. The van der Waals surface area contributed by atoms with Crippen molar-refractivity contribution >= 4 is 17.1 Å². The molecule has 0 aliphatic heterocycles. The van der Waals surface area contributed by atoms with Gasteiger partial charge in [0.25, 0.3) is 0 Å². The van der Waals surface area contributed by atoms with Crippen LogP contribution in [0.1, 0.15) is 33.7 Å². The van der Waals surface area contributed by atoms with Gasteiger partial charge in [-0.15, -0.1) is 0 Å². The van der Waals surface area contributed by atoms with Crippen LogP contribution in [0, 0.1) is 13.8 Å². The van der Waals surface area contributed by atoms with E-state index in [1.165, 1.54) is 11.1 Å². The average Bonchev–Trinajstić information content (AvgIpc) is 3.09. The normalized spacial score (nSPS) is 13.1. The molecule has 0 aromatic heterocycles. The first-order chi connectivity index (χ1) is 22.3. The van der Waals surface area contributed by atoms with Gasteiger partial charge in [-0.2, -0.15) is 0 Å². The van der Waals surface area contributed by atoms with Gasteiger partial charge in [0, 0.05) is 23.0 Å². The first-order valence-corrected chi connectivity index (χ1v) is 15.4. The van der Waals surface area contributed by atoms with E-state index in [0.717, 1.165) is 33.8 Å². The van der Waals surface area contributed by atoms with Crippen molar-refractivity contribution in [1.82, 2.24) is 0 Å². The molecule has 0 bridgehead atoms. The highest BCUT2D eigenvalue weighted by Gasteiger charge is 2.19. The minimum Gasteiger partial charge on any atom is -0.491 e. The van der Waals surface area contributed by atoms with Crippen LogP contribution in [0.5, 0.6) is 11.5 Å². The third kappa shape index (κ3) is 8.33. The van der Waals surface area contributed by atoms with Gasteiger partial charge >= 0.3 is 0 Å². The zero-order valence-electron chi connectivity index (χ0n) is 26.2. The van der Waals surface area contributed by atoms with Gasteiger partial charge in [0.2, 0.25) is 0 Å². The van der Waals surface area contributed by atoms with Crippen molar-refractivity contribution in [2.24, 2.45) is 0 Å². The standard InChI is InChI=1S/C39H41NO6/c1-27-3-13-32(14-4-27)40(33-15-5-28(2)6-16-33)34-17-7-29(8-18-34)39(30-9-19-37(20-10-30)45-25-35(43)23-41)31-11-21-38(22-12-31)46-26-36(44)24-42/h3-22,35-36,39,41-44H,23-26H2,1-2H3. The summed E-state index contributed by atoms with van der Waals surface area (Å²) in [7, 11) is 0. The average molecular weight is 620 g/mol. The molecule has 7 heteroatoms. The Balaban J connectivity index is 1.49. The molecule has 0 saturated heterocycles. The van der Waals surface area contributed by atoms with Crippen molar-refractivity contribution in [2.45, 2.75) is 32.0 Å². The lowest BCUT2D eigenvalue weighted by Crippen LogP contribution is -2.21. The molecule has 0 aliphatic rings. The third-order valence-corrected chi connectivity index (χ3v) is 7.80. The molecule has 0 spiro atoms. The minimum atomic E-state index is -0.940. The van der Waals surface area contributed by atoms with Crippen LogP contribution in [0.4, 0.5) is 17.1 Å². The van der Waals surface area contributed by atoms with Gasteiger partial charge in [-0.1, -0.05) is 71.8 Å². The Morgan fingerprint density at radius 3 is 1.11 bits per heavy atom. The maximum atomic E-state index is 9.68. The summed E-state index contributed by atoms with van der Waals surface area (Å²) in [5.74, 6) is 1.09. The maximum absolute atomic E-state index is 9.68. The van der Waals surface area contributed by atoms with E-state index in [-0.39, 0.29) is 32.3 Å². The summed E-state index contributed by atoms with van der Waals surface area (Å²) in [6.45, 7) is 3.46. The molecule has 7 nitrogen and oxygen atoms in total. The molecule has 4 N–H and O–H groups in total. The zero-order valence-corrected chi connectivity index (χ0v) is 26.2. The van der Waals surface area contributed by atoms with Gasteiger partial charge in [-0.25, -0.2) is 0 Å². The summed E-state index contributed by atoms with van der Waals surface area (Å²) >= 11 is 0. The fourth-order valence-corrected chi connectivity index (χ4v) is 5.23. The Morgan fingerprint density at radius 2 is 0.783 bits per heavy atom. The quantitative estimate of drug-likeness (QED) is 0.106.